The molecule has 1 amide bonds. The molecule has 3 aromatic rings. The second-order valence-corrected chi connectivity index (χ2v) is 7.62. The number of furan rings is 1. The van der Waals surface area contributed by atoms with Gasteiger partial charge in [-0.05, 0) is 49.4 Å². The summed E-state index contributed by atoms with van der Waals surface area (Å²) < 4.78 is 5.81. The highest BCUT2D eigenvalue weighted by Crippen LogP contribution is 2.33. The smallest absolute Gasteiger partial charge is 0.289 e. The largest absolute Gasteiger partial charge is 0.451 e. The van der Waals surface area contributed by atoms with Gasteiger partial charge in [0.2, 0.25) is 0 Å². The van der Waals surface area contributed by atoms with Gasteiger partial charge in [0.05, 0.1) is 6.10 Å². The molecule has 1 atom stereocenters. The van der Waals surface area contributed by atoms with E-state index in [9.17, 15) is 9.90 Å². The average molecular weight is 384 g/mol. The molecule has 140 valence electrons. The van der Waals surface area contributed by atoms with E-state index in [-0.39, 0.29) is 11.8 Å². The van der Waals surface area contributed by atoms with E-state index in [2.05, 4.69) is 0 Å². The molecule has 1 unspecified atom stereocenters. The standard InChI is InChI=1S/C22H22ClNO3/c1-14-18-13-17(23)7-8-19(18)27-21(14)22(26)24-11-9-16(10-12-24)20(25)15-5-3-2-4-6-15/h2-8,13,16,20,25H,9-12H2,1H3. The monoisotopic (exact) mass is 383 g/mol. The van der Waals surface area contributed by atoms with Crippen LogP contribution in [0.3, 0.4) is 0 Å². The molecule has 1 N–H and O–H groups in total. The number of aliphatic hydroxyl groups is 1. The summed E-state index contributed by atoms with van der Waals surface area (Å²) in [5, 5.41) is 12.1. The van der Waals surface area contributed by atoms with E-state index in [4.69, 9.17) is 16.0 Å². The number of rotatable bonds is 3. The first-order chi connectivity index (χ1) is 13.0. The van der Waals surface area contributed by atoms with Gasteiger partial charge in [-0.2, -0.15) is 0 Å². The lowest BCUT2D eigenvalue weighted by Crippen LogP contribution is -2.39. The van der Waals surface area contributed by atoms with Crippen LogP contribution in [0, 0.1) is 12.8 Å². The van der Waals surface area contributed by atoms with E-state index in [0.29, 0.717) is 29.5 Å². The Morgan fingerprint density at radius 3 is 2.59 bits per heavy atom. The Morgan fingerprint density at radius 2 is 1.89 bits per heavy atom. The molecule has 0 saturated carbocycles. The Hall–Kier alpha value is -2.30. The second-order valence-electron chi connectivity index (χ2n) is 7.18. The number of carbonyl (C=O) groups is 1. The Balaban J connectivity index is 1.47. The molecule has 1 aliphatic heterocycles. The van der Waals surface area contributed by atoms with Crippen LogP contribution in [0.2, 0.25) is 5.02 Å². The minimum absolute atomic E-state index is 0.0903. The second kappa shape index (κ2) is 7.37. The Bertz CT molecular complexity index is 958. The van der Waals surface area contributed by atoms with Crippen molar-refractivity contribution < 1.29 is 14.3 Å². The predicted octanol–water partition coefficient (Wildman–Crippen LogP) is 4.98. The van der Waals surface area contributed by atoms with Crippen LogP contribution < -0.4 is 0 Å². The van der Waals surface area contributed by atoms with Gasteiger partial charge in [0.25, 0.3) is 5.91 Å². The zero-order chi connectivity index (χ0) is 19.0. The fourth-order valence-electron chi connectivity index (χ4n) is 3.88. The lowest BCUT2D eigenvalue weighted by atomic mass is 9.87. The van der Waals surface area contributed by atoms with E-state index < -0.39 is 6.10 Å². The normalized spacial score (nSPS) is 16.6. The predicted molar refractivity (Wildman–Crippen MR) is 106 cm³/mol. The van der Waals surface area contributed by atoms with Gasteiger partial charge in [0.15, 0.2) is 5.76 Å². The summed E-state index contributed by atoms with van der Waals surface area (Å²) in [6, 6.07) is 15.1. The molecular weight excluding hydrogens is 362 g/mol. The summed E-state index contributed by atoms with van der Waals surface area (Å²) in [5.41, 5.74) is 2.44. The Kier molecular flexibility index (Phi) is 4.94. The zero-order valence-corrected chi connectivity index (χ0v) is 15.9. The molecule has 0 spiro atoms. The van der Waals surface area contributed by atoms with Gasteiger partial charge in [-0.25, -0.2) is 0 Å². The van der Waals surface area contributed by atoms with Crippen molar-refractivity contribution in [3.8, 4) is 0 Å². The van der Waals surface area contributed by atoms with Crippen LogP contribution in [0.5, 0.6) is 0 Å². The number of amides is 1. The lowest BCUT2D eigenvalue weighted by molar-refractivity contribution is 0.0443. The summed E-state index contributed by atoms with van der Waals surface area (Å²) in [6.07, 6.45) is 1.05. The van der Waals surface area contributed by atoms with E-state index in [1.165, 1.54) is 0 Å². The highest BCUT2D eigenvalue weighted by molar-refractivity contribution is 6.31. The molecule has 0 bridgehead atoms. The van der Waals surface area contributed by atoms with Gasteiger partial charge in [-0.15, -0.1) is 0 Å². The number of piperidine rings is 1. The minimum atomic E-state index is -0.487. The van der Waals surface area contributed by atoms with Crippen molar-refractivity contribution >= 4 is 28.5 Å². The number of halogens is 1. The highest BCUT2D eigenvalue weighted by Gasteiger charge is 2.30. The Morgan fingerprint density at radius 1 is 1.19 bits per heavy atom. The number of aryl methyl sites for hydroxylation is 1. The lowest BCUT2D eigenvalue weighted by Gasteiger charge is -2.34. The fraction of sp³-hybridized carbons (Fsp3) is 0.318. The quantitative estimate of drug-likeness (QED) is 0.693. The maximum absolute atomic E-state index is 13.0. The number of hydrogen-bond acceptors (Lipinski definition) is 3. The van der Waals surface area contributed by atoms with E-state index >= 15 is 0 Å². The van der Waals surface area contributed by atoms with Crippen molar-refractivity contribution in [3.05, 3.63) is 70.4 Å². The van der Waals surface area contributed by atoms with Crippen LogP contribution >= 0.6 is 11.6 Å². The number of carbonyl (C=O) groups excluding carboxylic acids is 1. The molecule has 1 aromatic heterocycles. The first-order valence-electron chi connectivity index (χ1n) is 9.25. The van der Waals surface area contributed by atoms with Crippen molar-refractivity contribution in [2.45, 2.75) is 25.9 Å². The third-order valence-corrected chi connectivity index (χ3v) is 5.74. The number of hydrogen-bond donors (Lipinski definition) is 1. The van der Waals surface area contributed by atoms with Crippen molar-refractivity contribution in [2.75, 3.05) is 13.1 Å². The maximum atomic E-state index is 13.0. The number of benzene rings is 2. The van der Waals surface area contributed by atoms with Gasteiger partial charge in [0.1, 0.15) is 5.58 Å². The molecule has 0 radical (unpaired) electrons. The molecule has 2 heterocycles. The minimum Gasteiger partial charge on any atom is -0.451 e. The van der Waals surface area contributed by atoms with Crippen molar-refractivity contribution in [1.29, 1.82) is 0 Å². The number of fused-ring (bicyclic) bond motifs is 1. The summed E-state index contributed by atoms with van der Waals surface area (Å²) in [5.74, 6) is 0.453. The van der Waals surface area contributed by atoms with Crippen LogP contribution in [0.1, 0.15) is 40.6 Å². The SMILES string of the molecule is Cc1c(C(=O)N2CCC(C(O)c3ccccc3)CC2)oc2ccc(Cl)cc12. The Labute approximate surface area is 163 Å². The van der Waals surface area contributed by atoms with Gasteiger partial charge in [-0.3, -0.25) is 4.79 Å². The summed E-state index contributed by atoms with van der Waals surface area (Å²) in [4.78, 5) is 14.8. The van der Waals surface area contributed by atoms with Crippen LogP contribution in [0.4, 0.5) is 0 Å². The summed E-state index contributed by atoms with van der Waals surface area (Å²) in [6.45, 7) is 3.12. The number of nitrogens with zero attached hydrogens (tertiary/aromatic N) is 1. The topological polar surface area (TPSA) is 53.7 Å². The molecule has 1 aliphatic rings. The zero-order valence-electron chi connectivity index (χ0n) is 15.2. The highest BCUT2D eigenvalue weighted by atomic mass is 35.5. The first kappa shape index (κ1) is 18.1. The summed E-state index contributed by atoms with van der Waals surface area (Å²) >= 11 is 6.06. The van der Waals surface area contributed by atoms with Crippen molar-refractivity contribution in [3.63, 3.8) is 0 Å². The van der Waals surface area contributed by atoms with Crippen LogP contribution in [0.25, 0.3) is 11.0 Å². The van der Waals surface area contributed by atoms with Gasteiger partial charge >= 0.3 is 0 Å². The fourth-order valence-corrected chi connectivity index (χ4v) is 4.05. The van der Waals surface area contributed by atoms with Crippen LogP contribution in [0.15, 0.2) is 52.9 Å². The van der Waals surface area contributed by atoms with E-state index in [0.717, 1.165) is 29.4 Å². The molecule has 0 aliphatic carbocycles. The van der Waals surface area contributed by atoms with E-state index in [1.807, 2.05) is 48.2 Å². The summed E-state index contributed by atoms with van der Waals surface area (Å²) in [7, 11) is 0. The first-order valence-corrected chi connectivity index (χ1v) is 9.63. The molecule has 1 fully saturated rings. The molecule has 2 aromatic carbocycles. The average Bonchev–Trinajstić information content (AvgIpc) is 3.04. The molecule has 4 rings (SSSR count). The van der Waals surface area contributed by atoms with Gasteiger partial charge in [0, 0.05) is 29.1 Å². The maximum Gasteiger partial charge on any atom is 0.289 e. The number of aliphatic hydroxyl groups excluding tert-OH is 1. The van der Waals surface area contributed by atoms with Gasteiger partial charge < -0.3 is 14.4 Å². The number of likely N-dealkylation sites (tertiary alicyclic amines) is 1. The van der Waals surface area contributed by atoms with Crippen molar-refractivity contribution in [1.82, 2.24) is 4.90 Å². The third kappa shape index (κ3) is 3.47. The molecule has 4 nitrogen and oxygen atoms in total. The molecule has 27 heavy (non-hydrogen) atoms. The van der Waals surface area contributed by atoms with Gasteiger partial charge in [-0.1, -0.05) is 41.9 Å². The third-order valence-electron chi connectivity index (χ3n) is 5.51. The van der Waals surface area contributed by atoms with Crippen LogP contribution in [-0.4, -0.2) is 29.0 Å². The molecule has 1 saturated heterocycles. The molecular formula is C22H22ClNO3. The van der Waals surface area contributed by atoms with Crippen LogP contribution in [-0.2, 0) is 0 Å². The molecule has 5 heteroatoms. The van der Waals surface area contributed by atoms with E-state index in [1.54, 1.807) is 12.1 Å². The van der Waals surface area contributed by atoms with Crippen molar-refractivity contribution in [2.24, 2.45) is 5.92 Å².